The molecule has 130 valence electrons. The monoisotopic (exact) mass is 358 g/mol. The largest absolute Gasteiger partial charge is 0.305 e. The summed E-state index contributed by atoms with van der Waals surface area (Å²) >= 11 is 1.07. The molecule has 8 heteroatoms. The molecule has 3 rings (SSSR count). The van der Waals surface area contributed by atoms with Gasteiger partial charge in [-0.1, -0.05) is 23.8 Å². The van der Waals surface area contributed by atoms with E-state index in [0.29, 0.717) is 17.8 Å². The number of hydrazone groups is 1. The van der Waals surface area contributed by atoms with Crippen LogP contribution in [0.2, 0.25) is 0 Å². The molecule has 25 heavy (non-hydrogen) atoms. The highest BCUT2D eigenvalue weighted by atomic mass is 32.2. The lowest BCUT2D eigenvalue weighted by molar-refractivity contribution is -0.139. The van der Waals surface area contributed by atoms with Gasteiger partial charge in [0.1, 0.15) is 0 Å². The van der Waals surface area contributed by atoms with Crippen molar-refractivity contribution in [2.45, 2.75) is 25.6 Å². The molecule has 3 amide bonds. The van der Waals surface area contributed by atoms with Gasteiger partial charge in [-0.05, 0) is 24.8 Å². The first-order chi connectivity index (χ1) is 11.8. The number of benzene rings is 1. The number of thioether (sulfide) groups is 1. The van der Waals surface area contributed by atoms with Crippen molar-refractivity contribution < 1.29 is 14.4 Å². The van der Waals surface area contributed by atoms with E-state index in [1.807, 2.05) is 25.1 Å². The average molecular weight is 358 g/mol. The zero-order chi connectivity index (χ0) is 18.4. The molecule has 1 N–H and O–H groups in total. The maximum atomic E-state index is 13.3. The van der Waals surface area contributed by atoms with Crippen molar-refractivity contribution in [1.82, 2.24) is 10.3 Å². The summed E-state index contributed by atoms with van der Waals surface area (Å²) < 4.78 is 0. The lowest BCUT2D eigenvalue weighted by atomic mass is 10.0. The van der Waals surface area contributed by atoms with Gasteiger partial charge in [0.2, 0.25) is 16.7 Å². The quantitative estimate of drug-likeness (QED) is 0.816. The summed E-state index contributed by atoms with van der Waals surface area (Å²) in [5, 5.41) is 8.16. The molecule has 0 saturated heterocycles. The van der Waals surface area contributed by atoms with E-state index in [2.05, 4.69) is 17.0 Å². The number of carbonyl (C=O) groups excluding carboxylic acids is 3. The van der Waals surface area contributed by atoms with E-state index in [0.717, 1.165) is 22.3 Å². The number of nitrogens with zero attached hydrogens (tertiary/aromatic N) is 3. The molecule has 0 saturated carbocycles. The van der Waals surface area contributed by atoms with Gasteiger partial charge in [-0.3, -0.25) is 14.4 Å². The lowest BCUT2D eigenvalue weighted by Crippen LogP contribution is -2.48. The summed E-state index contributed by atoms with van der Waals surface area (Å²) in [5.41, 5.74) is 2.36. The Bertz CT molecular complexity index is 835. The van der Waals surface area contributed by atoms with Gasteiger partial charge >= 0.3 is 0 Å². The van der Waals surface area contributed by atoms with Gasteiger partial charge in [0.05, 0.1) is 5.69 Å². The molecule has 0 aromatic heterocycles. The number of aryl methyl sites for hydroxylation is 1. The Hall–Kier alpha value is -2.61. The van der Waals surface area contributed by atoms with Crippen LogP contribution in [0.1, 0.15) is 25.0 Å². The molecule has 1 atom stereocenters. The van der Waals surface area contributed by atoms with Gasteiger partial charge in [0.15, 0.2) is 5.17 Å². The fourth-order valence-corrected chi connectivity index (χ4v) is 4.36. The van der Waals surface area contributed by atoms with Gasteiger partial charge < -0.3 is 10.2 Å². The van der Waals surface area contributed by atoms with E-state index in [1.165, 1.54) is 13.8 Å². The van der Waals surface area contributed by atoms with Crippen LogP contribution in [0, 0.1) is 6.92 Å². The molecule has 1 aromatic rings. The summed E-state index contributed by atoms with van der Waals surface area (Å²) in [4.78, 5) is 37.2. The van der Waals surface area contributed by atoms with E-state index in [-0.39, 0.29) is 22.9 Å². The van der Waals surface area contributed by atoms with E-state index >= 15 is 0 Å². The summed E-state index contributed by atoms with van der Waals surface area (Å²) in [6.07, 6.45) is 1.63. The van der Waals surface area contributed by atoms with E-state index in [1.54, 1.807) is 11.0 Å². The molecule has 0 aliphatic carbocycles. The maximum absolute atomic E-state index is 13.3. The molecule has 1 unspecified atom stereocenters. The van der Waals surface area contributed by atoms with Gasteiger partial charge in [-0.25, -0.2) is 0 Å². The second-order valence-electron chi connectivity index (χ2n) is 5.89. The number of anilines is 1. The highest BCUT2D eigenvalue weighted by Gasteiger charge is 2.60. The third-order valence-electron chi connectivity index (χ3n) is 3.97. The Kier molecular flexibility index (Phi) is 4.16. The highest BCUT2D eigenvalue weighted by molar-refractivity contribution is 8.15. The molecule has 2 aliphatic heterocycles. The number of amides is 3. The number of hydrogen-bond donors (Lipinski definition) is 1. The van der Waals surface area contributed by atoms with Crippen LogP contribution in [-0.4, -0.2) is 34.4 Å². The van der Waals surface area contributed by atoms with Crippen molar-refractivity contribution in [2.24, 2.45) is 5.10 Å². The van der Waals surface area contributed by atoms with Gasteiger partial charge in [0.25, 0.3) is 5.91 Å². The topological polar surface area (TPSA) is 82.1 Å². The normalized spacial score (nSPS) is 21.4. The molecule has 0 radical (unpaired) electrons. The maximum Gasteiger partial charge on any atom is 0.271 e. The zero-order valence-corrected chi connectivity index (χ0v) is 15.0. The number of rotatable bonds is 2. The first-order valence-electron chi connectivity index (χ1n) is 7.71. The Balaban J connectivity index is 2.18. The minimum atomic E-state index is -1.34. The third kappa shape index (κ3) is 2.53. The average Bonchev–Trinajstić information content (AvgIpc) is 3.00. The first kappa shape index (κ1) is 17.2. The van der Waals surface area contributed by atoms with E-state index in [9.17, 15) is 14.4 Å². The van der Waals surface area contributed by atoms with Crippen LogP contribution in [-0.2, 0) is 19.3 Å². The number of nitrogens with one attached hydrogen (secondary N) is 1. The number of amidine groups is 1. The van der Waals surface area contributed by atoms with E-state index < -0.39 is 4.87 Å². The number of carbonyl (C=O) groups is 3. The minimum Gasteiger partial charge on any atom is -0.305 e. The first-order valence-corrected chi connectivity index (χ1v) is 8.53. The summed E-state index contributed by atoms with van der Waals surface area (Å²) in [6, 6.07) is 5.65. The van der Waals surface area contributed by atoms with Crippen LogP contribution in [0.3, 0.4) is 0 Å². The zero-order valence-electron chi connectivity index (χ0n) is 14.2. The Morgan fingerprint density at radius 3 is 2.72 bits per heavy atom. The fourth-order valence-electron chi connectivity index (χ4n) is 3.04. The summed E-state index contributed by atoms with van der Waals surface area (Å²) in [5.74, 6) is -0.976. The second-order valence-corrected chi connectivity index (χ2v) is 7.07. The molecule has 2 aliphatic rings. The van der Waals surface area contributed by atoms with Crippen molar-refractivity contribution in [3.05, 3.63) is 42.0 Å². The molecule has 7 nitrogen and oxygen atoms in total. The molecular weight excluding hydrogens is 340 g/mol. The number of fused-ring (bicyclic) bond motifs is 2. The molecule has 0 fully saturated rings. The van der Waals surface area contributed by atoms with Gasteiger partial charge in [-0.2, -0.15) is 5.01 Å². The fraction of sp³-hybridized carbons (Fsp3) is 0.294. The smallest absolute Gasteiger partial charge is 0.271 e. The molecule has 1 aromatic carbocycles. The SMILES string of the molecule is C=CCN1C(=O)C2(SC(NC(C)=O)=NN2C(C)=O)c2cc(C)ccc21. The van der Waals surface area contributed by atoms with Crippen LogP contribution < -0.4 is 10.2 Å². The number of hydrogen-bond acceptors (Lipinski definition) is 5. The van der Waals surface area contributed by atoms with Gasteiger partial charge in [-0.15, -0.1) is 11.7 Å². The van der Waals surface area contributed by atoms with Crippen LogP contribution >= 0.6 is 11.8 Å². The lowest BCUT2D eigenvalue weighted by Gasteiger charge is -2.29. The van der Waals surface area contributed by atoms with Crippen LogP contribution in [0.5, 0.6) is 0 Å². The Morgan fingerprint density at radius 1 is 1.40 bits per heavy atom. The highest BCUT2D eigenvalue weighted by Crippen LogP contribution is 2.54. The van der Waals surface area contributed by atoms with E-state index in [4.69, 9.17) is 0 Å². The predicted molar refractivity (Wildman–Crippen MR) is 96.8 cm³/mol. The van der Waals surface area contributed by atoms with Crippen molar-refractivity contribution in [3.8, 4) is 0 Å². The molecule has 2 heterocycles. The predicted octanol–water partition coefficient (Wildman–Crippen LogP) is 1.68. The Labute approximate surface area is 149 Å². The summed E-state index contributed by atoms with van der Waals surface area (Å²) in [6.45, 7) is 8.64. The summed E-state index contributed by atoms with van der Waals surface area (Å²) in [7, 11) is 0. The van der Waals surface area contributed by atoms with Crippen LogP contribution in [0.4, 0.5) is 5.69 Å². The molecular formula is C17H18N4O3S. The van der Waals surface area contributed by atoms with Crippen LogP contribution in [0.25, 0.3) is 0 Å². The second kappa shape index (κ2) is 6.03. The van der Waals surface area contributed by atoms with Crippen molar-refractivity contribution in [1.29, 1.82) is 0 Å². The third-order valence-corrected chi connectivity index (χ3v) is 5.21. The standard InChI is InChI=1S/C17H18N4O3S/c1-5-8-20-14-7-6-10(2)9-13(14)17(15(20)24)21(12(4)23)19-16(25-17)18-11(3)22/h5-7,9H,1,8H2,2-4H3,(H,18,19,22). The molecule has 0 bridgehead atoms. The van der Waals surface area contributed by atoms with Crippen molar-refractivity contribution >= 4 is 40.3 Å². The minimum absolute atomic E-state index is 0.226. The van der Waals surface area contributed by atoms with Crippen molar-refractivity contribution in [3.63, 3.8) is 0 Å². The Morgan fingerprint density at radius 2 is 2.12 bits per heavy atom. The van der Waals surface area contributed by atoms with Crippen LogP contribution in [0.15, 0.2) is 36.0 Å². The van der Waals surface area contributed by atoms with Gasteiger partial charge in [0, 0.05) is 26.0 Å². The van der Waals surface area contributed by atoms with Crippen molar-refractivity contribution in [2.75, 3.05) is 11.4 Å². The molecule has 1 spiro atoms.